The third-order valence-corrected chi connectivity index (χ3v) is 4.22. The van der Waals surface area contributed by atoms with Gasteiger partial charge in [0.1, 0.15) is 0 Å². The molecular formula is C13H11Cl2NO2S. The van der Waals surface area contributed by atoms with Crippen LogP contribution in [0, 0.1) is 6.92 Å². The van der Waals surface area contributed by atoms with Crippen LogP contribution in [0.15, 0.2) is 22.9 Å². The minimum atomic E-state index is -0.872. The van der Waals surface area contributed by atoms with Gasteiger partial charge in [-0.25, -0.2) is 0 Å². The Labute approximate surface area is 124 Å². The molecule has 0 radical (unpaired) electrons. The average Bonchev–Trinajstić information content (AvgIpc) is 2.76. The maximum atomic E-state index is 10.8. The zero-order valence-corrected chi connectivity index (χ0v) is 12.4. The lowest BCUT2D eigenvalue weighted by Gasteiger charge is -2.12. The molecule has 1 aromatic heterocycles. The molecular weight excluding hydrogens is 305 g/mol. The van der Waals surface area contributed by atoms with Gasteiger partial charge in [0.2, 0.25) is 0 Å². The second-order valence-electron chi connectivity index (χ2n) is 4.06. The molecule has 0 aliphatic rings. The van der Waals surface area contributed by atoms with E-state index in [1.165, 1.54) is 11.3 Å². The fourth-order valence-electron chi connectivity index (χ4n) is 1.64. The highest BCUT2D eigenvalue weighted by Gasteiger charge is 2.13. The SMILES string of the molecule is Cc1ccc(Cl)c(Nc2cscc2CC(=O)O)c1Cl. The van der Waals surface area contributed by atoms with Crippen LogP contribution < -0.4 is 5.32 Å². The molecule has 0 unspecified atom stereocenters. The molecule has 0 saturated carbocycles. The number of carbonyl (C=O) groups is 1. The summed E-state index contributed by atoms with van der Waals surface area (Å²) in [6.07, 6.45) is -0.0348. The van der Waals surface area contributed by atoms with Crippen molar-refractivity contribution in [3.63, 3.8) is 0 Å². The Bertz CT molecular complexity index is 625. The molecule has 3 nitrogen and oxygen atoms in total. The van der Waals surface area contributed by atoms with Crippen molar-refractivity contribution < 1.29 is 9.90 Å². The van der Waals surface area contributed by atoms with E-state index in [2.05, 4.69) is 5.32 Å². The van der Waals surface area contributed by atoms with Crippen LogP contribution in [0.5, 0.6) is 0 Å². The van der Waals surface area contributed by atoms with Gasteiger partial charge in [0.05, 0.1) is 27.8 Å². The van der Waals surface area contributed by atoms with E-state index in [0.717, 1.165) is 11.3 Å². The van der Waals surface area contributed by atoms with Crippen molar-refractivity contribution in [3.05, 3.63) is 44.1 Å². The third kappa shape index (κ3) is 3.21. The van der Waals surface area contributed by atoms with Gasteiger partial charge in [-0.2, -0.15) is 0 Å². The summed E-state index contributed by atoms with van der Waals surface area (Å²) in [5.74, 6) is -0.872. The minimum Gasteiger partial charge on any atom is -0.481 e. The highest BCUT2D eigenvalue weighted by molar-refractivity contribution is 7.08. The molecule has 6 heteroatoms. The summed E-state index contributed by atoms with van der Waals surface area (Å²) in [6, 6.07) is 3.59. The largest absolute Gasteiger partial charge is 0.481 e. The molecule has 100 valence electrons. The Hall–Kier alpha value is -1.23. The van der Waals surface area contributed by atoms with Gasteiger partial charge in [-0.05, 0) is 29.5 Å². The van der Waals surface area contributed by atoms with Crippen LogP contribution in [0.4, 0.5) is 11.4 Å². The lowest BCUT2D eigenvalue weighted by atomic mass is 10.2. The predicted octanol–water partition coefficient (Wildman–Crippen LogP) is 4.73. The maximum Gasteiger partial charge on any atom is 0.307 e. The van der Waals surface area contributed by atoms with E-state index in [4.69, 9.17) is 28.3 Å². The summed E-state index contributed by atoms with van der Waals surface area (Å²) >= 11 is 13.8. The van der Waals surface area contributed by atoms with Crippen molar-refractivity contribution in [3.8, 4) is 0 Å². The summed E-state index contributed by atoms with van der Waals surface area (Å²) in [5, 5.41) is 16.7. The number of aliphatic carboxylic acids is 1. The van der Waals surface area contributed by atoms with Crippen LogP contribution in [-0.4, -0.2) is 11.1 Å². The van der Waals surface area contributed by atoms with Crippen LogP contribution in [0.1, 0.15) is 11.1 Å². The smallest absolute Gasteiger partial charge is 0.307 e. The molecule has 2 aromatic rings. The first-order valence-electron chi connectivity index (χ1n) is 5.47. The Morgan fingerprint density at radius 1 is 1.37 bits per heavy atom. The first-order chi connectivity index (χ1) is 8.99. The molecule has 0 amide bonds. The number of nitrogens with one attached hydrogen (secondary N) is 1. The molecule has 0 aliphatic carbocycles. The van der Waals surface area contributed by atoms with Crippen LogP contribution in [-0.2, 0) is 11.2 Å². The van der Waals surface area contributed by atoms with Gasteiger partial charge in [0.15, 0.2) is 0 Å². The summed E-state index contributed by atoms with van der Waals surface area (Å²) in [4.78, 5) is 10.8. The number of hydrogen-bond donors (Lipinski definition) is 2. The predicted molar refractivity (Wildman–Crippen MR) is 80.1 cm³/mol. The molecule has 0 aliphatic heterocycles. The zero-order chi connectivity index (χ0) is 14.0. The molecule has 0 atom stereocenters. The standard InChI is InChI=1S/C13H11Cl2NO2S/c1-7-2-3-9(14)13(12(7)15)16-10-6-19-5-8(10)4-11(17)18/h2-3,5-6,16H,4H2,1H3,(H,17,18). The van der Waals surface area contributed by atoms with Gasteiger partial charge in [0, 0.05) is 5.38 Å². The number of carboxylic acids is 1. The maximum absolute atomic E-state index is 10.8. The van der Waals surface area contributed by atoms with Crippen molar-refractivity contribution in [2.45, 2.75) is 13.3 Å². The molecule has 0 saturated heterocycles. The number of hydrogen-bond acceptors (Lipinski definition) is 3. The van der Waals surface area contributed by atoms with Gasteiger partial charge in [0.25, 0.3) is 0 Å². The second kappa shape index (κ2) is 5.82. The van der Waals surface area contributed by atoms with E-state index in [1.54, 1.807) is 11.4 Å². The van der Waals surface area contributed by atoms with Gasteiger partial charge in [-0.3, -0.25) is 4.79 Å². The molecule has 0 fully saturated rings. The Morgan fingerprint density at radius 3 is 2.79 bits per heavy atom. The van der Waals surface area contributed by atoms with Crippen LogP contribution >= 0.6 is 34.5 Å². The van der Waals surface area contributed by atoms with Crippen molar-refractivity contribution in [2.75, 3.05) is 5.32 Å². The summed E-state index contributed by atoms with van der Waals surface area (Å²) in [6.45, 7) is 1.88. The Balaban J connectivity index is 2.34. The Morgan fingerprint density at radius 2 is 2.11 bits per heavy atom. The van der Waals surface area contributed by atoms with E-state index in [0.29, 0.717) is 21.3 Å². The monoisotopic (exact) mass is 315 g/mol. The molecule has 2 rings (SSSR count). The summed E-state index contributed by atoms with van der Waals surface area (Å²) in [7, 11) is 0. The minimum absolute atomic E-state index is 0.0348. The van der Waals surface area contributed by atoms with Crippen LogP contribution in [0.25, 0.3) is 0 Å². The molecule has 2 N–H and O–H groups in total. The lowest BCUT2D eigenvalue weighted by molar-refractivity contribution is -0.136. The van der Waals surface area contributed by atoms with E-state index >= 15 is 0 Å². The molecule has 0 spiro atoms. The molecule has 1 aromatic carbocycles. The van der Waals surface area contributed by atoms with Gasteiger partial charge in [-0.15, -0.1) is 11.3 Å². The van der Waals surface area contributed by atoms with Gasteiger partial charge >= 0.3 is 5.97 Å². The number of thiophene rings is 1. The third-order valence-electron chi connectivity index (χ3n) is 2.63. The first kappa shape index (κ1) is 14.2. The topological polar surface area (TPSA) is 49.3 Å². The number of carboxylic acid groups (broad SMARTS) is 1. The highest BCUT2D eigenvalue weighted by atomic mass is 35.5. The number of aryl methyl sites for hydroxylation is 1. The van der Waals surface area contributed by atoms with Crippen molar-refractivity contribution >= 4 is 51.9 Å². The molecule has 1 heterocycles. The number of rotatable bonds is 4. The van der Waals surface area contributed by atoms with Crippen molar-refractivity contribution in [2.24, 2.45) is 0 Å². The number of halogens is 2. The normalized spacial score (nSPS) is 10.5. The van der Waals surface area contributed by atoms with Gasteiger partial charge < -0.3 is 10.4 Å². The van der Waals surface area contributed by atoms with E-state index in [1.807, 2.05) is 18.4 Å². The summed E-state index contributed by atoms with van der Waals surface area (Å²) < 4.78 is 0. The van der Waals surface area contributed by atoms with Crippen LogP contribution in [0.3, 0.4) is 0 Å². The second-order valence-corrected chi connectivity index (χ2v) is 5.59. The zero-order valence-electron chi connectivity index (χ0n) is 10.0. The van der Waals surface area contributed by atoms with E-state index in [-0.39, 0.29) is 6.42 Å². The van der Waals surface area contributed by atoms with Crippen LogP contribution in [0.2, 0.25) is 10.0 Å². The highest BCUT2D eigenvalue weighted by Crippen LogP contribution is 2.36. The quantitative estimate of drug-likeness (QED) is 0.857. The van der Waals surface area contributed by atoms with E-state index < -0.39 is 5.97 Å². The van der Waals surface area contributed by atoms with Crippen molar-refractivity contribution in [1.82, 2.24) is 0 Å². The number of benzene rings is 1. The van der Waals surface area contributed by atoms with Crippen molar-refractivity contribution in [1.29, 1.82) is 0 Å². The fourth-order valence-corrected chi connectivity index (χ4v) is 2.89. The summed E-state index contributed by atoms with van der Waals surface area (Å²) in [5.41, 5.74) is 2.95. The van der Waals surface area contributed by atoms with Gasteiger partial charge in [-0.1, -0.05) is 29.3 Å². The number of anilines is 2. The fraction of sp³-hybridized carbons (Fsp3) is 0.154. The molecule has 0 bridgehead atoms. The lowest BCUT2D eigenvalue weighted by Crippen LogP contribution is -2.02. The Kier molecular flexibility index (Phi) is 4.34. The molecule has 19 heavy (non-hydrogen) atoms. The average molecular weight is 316 g/mol. The first-order valence-corrected chi connectivity index (χ1v) is 7.17. The van der Waals surface area contributed by atoms with E-state index in [9.17, 15) is 4.79 Å².